The quantitative estimate of drug-likeness (QED) is 0.541. The van der Waals surface area contributed by atoms with Gasteiger partial charge in [-0.25, -0.2) is 0 Å². The molecule has 2 fully saturated rings. The zero-order valence-electron chi connectivity index (χ0n) is 12.6. The molecule has 0 aromatic carbocycles. The van der Waals surface area contributed by atoms with E-state index in [0.717, 1.165) is 23.7 Å². The standard InChI is InChI=1S/C18H31F/c1-2-15-6-10-17(11-7-15)18-12-8-16(9-13-18)5-3-4-14-19/h3,5,15-18H,2,4,6-14H2,1H3/t15-,16-,17-,18-. The fourth-order valence-corrected chi connectivity index (χ4v) is 4.23. The Hall–Kier alpha value is -0.330. The summed E-state index contributed by atoms with van der Waals surface area (Å²) in [4.78, 5) is 0. The van der Waals surface area contributed by atoms with Crippen molar-refractivity contribution in [2.75, 3.05) is 6.67 Å². The first kappa shape index (κ1) is 15.1. The van der Waals surface area contributed by atoms with E-state index in [1.54, 1.807) is 0 Å². The summed E-state index contributed by atoms with van der Waals surface area (Å²) < 4.78 is 12.1. The lowest BCUT2D eigenvalue weighted by Gasteiger charge is -2.37. The van der Waals surface area contributed by atoms with Gasteiger partial charge in [0, 0.05) is 0 Å². The summed E-state index contributed by atoms with van der Waals surface area (Å²) in [6.45, 7) is 2.15. The first-order valence-corrected chi connectivity index (χ1v) is 8.56. The molecule has 0 nitrogen and oxygen atoms in total. The average Bonchev–Trinajstić information content (AvgIpc) is 2.48. The molecule has 19 heavy (non-hydrogen) atoms. The Kier molecular flexibility index (Phi) is 6.40. The van der Waals surface area contributed by atoms with Crippen LogP contribution in [0.25, 0.3) is 0 Å². The Balaban J connectivity index is 1.68. The molecule has 0 atom stereocenters. The van der Waals surface area contributed by atoms with E-state index >= 15 is 0 Å². The molecule has 1 heteroatoms. The number of hydrogen-bond acceptors (Lipinski definition) is 0. The van der Waals surface area contributed by atoms with Crippen molar-refractivity contribution in [3.8, 4) is 0 Å². The van der Waals surface area contributed by atoms with Gasteiger partial charge in [-0.15, -0.1) is 0 Å². The molecule has 0 radical (unpaired) electrons. The van der Waals surface area contributed by atoms with Crippen LogP contribution in [0.15, 0.2) is 12.2 Å². The molecule has 0 N–H and O–H groups in total. The zero-order chi connectivity index (χ0) is 13.5. The van der Waals surface area contributed by atoms with Gasteiger partial charge in [0.05, 0.1) is 6.67 Å². The third-order valence-corrected chi connectivity index (χ3v) is 5.64. The summed E-state index contributed by atoms with van der Waals surface area (Å²) in [5.74, 6) is 3.80. The molecule has 2 rings (SSSR count). The minimum Gasteiger partial charge on any atom is -0.251 e. The molecule has 0 heterocycles. The maximum atomic E-state index is 12.1. The lowest BCUT2D eigenvalue weighted by Crippen LogP contribution is -2.25. The Labute approximate surface area is 118 Å². The predicted molar refractivity (Wildman–Crippen MR) is 80.9 cm³/mol. The number of alkyl halides is 1. The van der Waals surface area contributed by atoms with Crippen LogP contribution in [-0.2, 0) is 0 Å². The van der Waals surface area contributed by atoms with Crippen LogP contribution in [0.3, 0.4) is 0 Å². The number of allylic oxidation sites excluding steroid dienone is 2. The van der Waals surface area contributed by atoms with Gasteiger partial charge in [0.2, 0.25) is 0 Å². The summed E-state index contributed by atoms with van der Waals surface area (Å²) >= 11 is 0. The van der Waals surface area contributed by atoms with Crippen LogP contribution in [0.1, 0.15) is 71.1 Å². The van der Waals surface area contributed by atoms with E-state index in [1.165, 1.54) is 57.8 Å². The SMILES string of the molecule is CC[C@H]1CC[C@H]([C@H]2CC[C@H](C=CCCF)CC2)CC1. The van der Waals surface area contributed by atoms with E-state index in [4.69, 9.17) is 0 Å². The summed E-state index contributed by atoms with van der Waals surface area (Å²) in [6.07, 6.45) is 17.8. The molecule has 0 aromatic rings. The topological polar surface area (TPSA) is 0 Å². The van der Waals surface area contributed by atoms with Gasteiger partial charge in [-0.1, -0.05) is 38.3 Å². The van der Waals surface area contributed by atoms with Crippen LogP contribution in [0.5, 0.6) is 0 Å². The lowest BCUT2D eigenvalue weighted by molar-refractivity contribution is 0.154. The average molecular weight is 266 g/mol. The predicted octanol–water partition coefficient (Wildman–Crippen LogP) is 5.93. The van der Waals surface area contributed by atoms with Gasteiger partial charge in [0.15, 0.2) is 0 Å². The highest BCUT2D eigenvalue weighted by atomic mass is 19.1. The number of halogens is 1. The lowest BCUT2D eigenvalue weighted by atomic mass is 9.69. The minimum absolute atomic E-state index is 0.202. The minimum atomic E-state index is -0.202. The molecule has 0 aromatic heterocycles. The molecule has 0 amide bonds. The van der Waals surface area contributed by atoms with Crippen molar-refractivity contribution in [1.29, 1.82) is 0 Å². The highest BCUT2D eigenvalue weighted by molar-refractivity contribution is 4.92. The third-order valence-electron chi connectivity index (χ3n) is 5.64. The number of hydrogen-bond donors (Lipinski definition) is 0. The van der Waals surface area contributed by atoms with Crippen molar-refractivity contribution in [2.45, 2.75) is 71.1 Å². The maximum Gasteiger partial charge on any atom is 0.0928 e. The summed E-state index contributed by atoms with van der Waals surface area (Å²) in [6, 6.07) is 0. The highest BCUT2D eigenvalue weighted by Crippen LogP contribution is 2.42. The van der Waals surface area contributed by atoms with Crippen molar-refractivity contribution in [3.63, 3.8) is 0 Å². The first-order valence-electron chi connectivity index (χ1n) is 8.56. The van der Waals surface area contributed by atoms with E-state index in [0.29, 0.717) is 6.42 Å². The molecule has 110 valence electrons. The molecule has 2 aliphatic carbocycles. The van der Waals surface area contributed by atoms with Crippen LogP contribution in [0.4, 0.5) is 4.39 Å². The largest absolute Gasteiger partial charge is 0.251 e. The second-order valence-corrected chi connectivity index (χ2v) is 6.77. The maximum absolute atomic E-state index is 12.1. The van der Waals surface area contributed by atoms with Crippen molar-refractivity contribution in [3.05, 3.63) is 12.2 Å². The normalized spacial score (nSPS) is 36.7. The second-order valence-electron chi connectivity index (χ2n) is 6.77. The van der Waals surface area contributed by atoms with E-state index < -0.39 is 0 Å². The molecular formula is C18H31F. The van der Waals surface area contributed by atoms with Gasteiger partial charge >= 0.3 is 0 Å². The van der Waals surface area contributed by atoms with Crippen LogP contribution in [-0.4, -0.2) is 6.67 Å². The molecule has 2 aliphatic rings. The van der Waals surface area contributed by atoms with Gasteiger partial charge in [-0.05, 0) is 68.6 Å². The smallest absolute Gasteiger partial charge is 0.0928 e. The van der Waals surface area contributed by atoms with Gasteiger partial charge in [0.1, 0.15) is 0 Å². The molecule has 0 bridgehead atoms. The molecule has 0 aliphatic heterocycles. The fourth-order valence-electron chi connectivity index (χ4n) is 4.23. The molecule has 0 saturated heterocycles. The monoisotopic (exact) mass is 266 g/mol. The second kappa shape index (κ2) is 8.07. The van der Waals surface area contributed by atoms with E-state index in [2.05, 4.69) is 19.1 Å². The summed E-state index contributed by atoms with van der Waals surface area (Å²) in [5, 5.41) is 0. The third kappa shape index (κ3) is 4.61. The van der Waals surface area contributed by atoms with Crippen LogP contribution in [0, 0.1) is 23.7 Å². The van der Waals surface area contributed by atoms with Crippen molar-refractivity contribution in [2.24, 2.45) is 23.7 Å². The van der Waals surface area contributed by atoms with Crippen LogP contribution >= 0.6 is 0 Å². The molecule has 0 spiro atoms. The van der Waals surface area contributed by atoms with E-state index in [9.17, 15) is 4.39 Å². The van der Waals surface area contributed by atoms with Gasteiger partial charge < -0.3 is 0 Å². The van der Waals surface area contributed by atoms with Crippen LogP contribution < -0.4 is 0 Å². The van der Waals surface area contributed by atoms with Crippen molar-refractivity contribution >= 4 is 0 Å². The first-order chi connectivity index (χ1) is 9.33. The van der Waals surface area contributed by atoms with Crippen LogP contribution in [0.2, 0.25) is 0 Å². The Morgan fingerprint density at radius 2 is 1.47 bits per heavy atom. The molecular weight excluding hydrogens is 235 g/mol. The summed E-state index contributed by atoms with van der Waals surface area (Å²) in [7, 11) is 0. The van der Waals surface area contributed by atoms with Gasteiger partial charge in [-0.2, -0.15) is 0 Å². The fraction of sp³-hybridized carbons (Fsp3) is 0.889. The molecule has 2 saturated carbocycles. The van der Waals surface area contributed by atoms with Crippen molar-refractivity contribution < 1.29 is 4.39 Å². The van der Waals surface area contributed by atoms with Gasteiger partial charge in [-0.3, -0.25) is 4.39 Å². The van der Waals surface area contributed by atoms with E-state index in [1.807, 2.05) is 0 Å². The Bertz CT molecular complexity index is 255. The highest BCUT2D eigenvalue weighted by Gasteiger charge is 2.29. The molecule has 0 unspecified atom stereocenters. The Morgan fingerprint density at radius 3 is 2.00 bits per heavy atom. The number of rotatable bonds is 5. The summed E-state index contributed by atoms with van der Waals surface area (Å²) in [5.41, 5.74) is 0. The Morgan fingerprint density at radius 1 is 0.895 bits per heavy atom. The zero-order valence-corrected chi connectivity index (χ0v) is 12.6. The van der Waals surface area contributed by atoms with E-state index in [-0.39, 0.29) is 6.67 Å². The van der Waals surface area contributed by atoms with Gasteiger partial charge in [0.25, 0.3) is 0 Å². The van der Waals surface area contributed by atoms with Crippen molar-refractivity contribution in [1.82, 2.24) is 0 Å².